The maximum absolute atomic E-state index is 13.9. The number of terminal acetylenes is 1. The Morgan fingerprint density at radius 2 is 1.71 bits per heavy atom. The second kappa shape index (κ2) is 13.4. The van der Waals surface area contributed by atoms with Crippen molar-refractivity contribution >= 4 is 17.9 Å². The zero-order valence-corrected chi connectivity index (χ0v) is 22.5. The third-order valence-electron chi connectivity index (χ3n) is 5.54. The molecular formula is C29H37N3O6. The molecule has 0 aliphatic carbocycles. The summed E-state index contributed by atoms with van der Waals surface area (Å²) in [5.41, 5.74) is 0.115. The van der Waals surface area contributed by atoms with E-state index < -0.39 is 35.6 Å². The molecule has 3 atom stereocenters. The lowest BCUT2D eigenvalue weighted by atomic mass is 10.00. The Balaban J connectivity index is 2.48. The molecule has 0 fully saturated rings. The lowest BCUT2D eigenvalue weighted by Gasteiger charge is -2.31. The van der Waals surface area contributed by atoms with Gasteiger partial charge in [0.1, 0.15) is 29.2 Å². The zero-order valence-electron chi connectivity index (χ0n) is 22.5. The SMILES string of the molecule is C#CN(C(=O)C(Cc1ccc(O)cc1)NC(=O)OC(C)(C)C)C(C(=O)NC(C)CCC)c1cccc(O)c1. The van der Waals surface area contributed by atoms with E-state index in [0.717, 1.165) is 11.3 Å². The molecule has 9 nitrogen and oxygen atoms in total. The standard InChI is InChI=1S/C29H37N3O6/c1-7-10-19(3)30-26(35)25(21-11-9-12-23(34)18-21)32(8-2)27(36)24(31-28(37)38-29(4,5)6)17-20-13-15-22(33)16-14-20/h2,9,11-16,18-19,24-25,33-34H,7,10,17H2,1,3-6H3,(H,30,35)(H,31,37). The highest BCUT2D eigenvalue weighted by Gasteiger charge is 2.36. The molecule has 204 valence electrons. The number of amides is 3. The third-order valence-corrected chi connectivity index (χ3v) is 5.54. The largest absolute Gasteiger partial charge is 0.508 e. The normalized spacial score (nSPS) is 13.4. The number of hydrogen-bond donors (Lipinski definition) is 4. The summed E-state index contributed by atoms with van der Waals surface area (Å²) in [5, 5.41) is 25.2. The molecule has 2 rings (SSSR count). The fourth-order valence-electron chi connectivity index (χ4n) is 3.89. The molecule has 0 heterocycles. The molecule has 4 N–H and O–H groups in total. The number of phenolic OH excluding ortho intramolecular Hbond substituents is 2. The van der Waals surface area contributed by atoms with E-state index in [0.29, 0.717) is 17.5 Å². The Morgan fingerprint density at radius 1 is 1.05 bits per heavy atom. The summed E-state index contributed by atoms with van der Waals surface area (Å²) < 4.78 is 5.35. The highest BCUT2D eigenvalue weighted by molar-refractivity contribution is 5.93. The summed E-state index contributed by atoms with van der Waals surface area (Å²) in [6, 6.07) is 11.7. The molecule has 0 aliphatic heterocycles. The van der Waals surface area contributed by atoms with Crippen LogP contribution in [0.2, 0.25) is 0 Å². The first kappa shape index (κ1) is 30.0. The summed E-state index contributed by atoms with van der Waals surface area (Å²) in [4.78, 5) is 40.9. The number of phenols is 2. The van der Waals surface area contributed by atoms with Crippen LogP contribution in [0.25, 0.3) is 0 Å². The minimum atomic E-state index is -1.28. The number of hydrogen-bond acceptors (Lipinski definition) is 6. The minimum Gasteiger partial charge on any atom is -0.508 e. The maximum Gasteiger partial charge on any atom is 0.408 e. The Kier molecular flexibility index (Phi) is 10.6. The van der Waals surface area contributed by atoms with Crippen molar-refractivity contribution in [1.82, 2.24) is 15.5 Å². The van der Waals surface area contributed by atoms with E-state index in [1.54, 1.807) is 45.0 Å². The van der Waals surface area contributed by atoms with Gasteiger partial charge in [0, 0.05) is 18.5 Å². The van der Waals surface area contributed by atoms with Crippen LogP contribution in [-0.2, 0) is 20.7 Å². The lowest BCUT2D eigenvalue weighted by Crippen LogP contribution is -2.52. The average molecular weight is 524 g/mol. The smallest absolute Gasteiger partial charge is 0.408 e. The number of rotatable bonds is 10. The van der Waals surface area contributed by atoms with Crippen LogP contribution in [0.4, 0.5) is 4.79 Å². The molecule has 9 heteroatoms. The summed E-state index contributed by atoms with van der Waals surface area (Å²) in [7, 11) is 0. The van der Waals surface area contributed by atoms with Gasteiger partial charge in [-0.25, -0.2) is 4.79 Å². The average Bonchev–Trinajstić information content (AvgIpc) is 2.81. The van der Waals surface area contributed by atoms with E-state index in [1.807, 2.05) is 13.8 Å². The van der Waals surface area contributed by atoms with Gasteiger partial charge in [-0.15, -0.1) is 0 Å². The van der Waals surface area contributed by atoms with Gasteiger partial charge in [-0.2, -0.15) is 0 Å². The maximum atomic E-state index is 13.9. The fourth-order valence-corrected chi connectivity index (χ4v) is 3.89. The van der Waals surface area contributed by atoms with Crippen LogP contribution in [0.3, 0.4) is 0 Å². The summed E-state index contributed by atoms with van der Waals surface area (Å²) in [6.45, 7) is 8.91. The van der Waals surface area contributed by atoms with Gasteiger partial charge >= 0.3 is 6.09 Å². The van der Waals surface area contributed by atoms with E-state index in [4.69, 9.17) is 11.2 Å². The van der Waals surface area contributed by atoms with Crippen molar-refractivity contribution in [2.75, 3.05) is 0 Å². The van der Waals surface area contributed by atoms with Crippen LogP contribution in [0.1, 0.15) is 64.6 Å². The predicted octanol–water partition coefficient (Wildman–Crippen LogP) is 4.00. The summed E-state index contributed by atoms with van der Waals surface area (Å²) >= 11 is 0. The third kappa shape index (κ3) is 9.04. The van der Waals surface area contributed by atoms with Crippen molar-refractivity contribution in [2.45, 2.75) is 77.6 Å². The zero-order chi connectivity index (χ0) is 28.5. The Morgan fingerprint density at radius 3 is 2.26 bits per heavy atom. The van der Waals surface area contributed by atoms with Gasteiger partial charge in [-0.1, -0.05) is 44.0 Å². The van der Waals surface area contributed by atoms with E-state index in [1.165, 1.54) is 24.3 Å². The Labute approximate surface area is 224 Å². The molecule has 2 aromatic rings. The van der Waals surface area contributed by atoms with Gasteiger partial charge in [0.15, 0.2) is 0 Å². The molecule has 0 bridgehead atoms. The van der Waals surface area contributed by atoms with Crippen molar-refractivity contribution in [3.8, 4) is 24.0 Å². The van der Waals surface area contributed by atoms with E-state index in [-0.39, 0.29) is 24.0 Å². The minimum absolute atomic E-state index is 0.0111. The fraction of sp³-hybridized carbons (Fsp3) is 0.414. The summed E-state index contributed by atoms with van der Waals surface area (Å²) in [6.07, 6.45) is 6.53. The number of carbonyl (C=O) groups is 3. The number of alkyl carbamates (subject to hydrolysis) is 1. The van der Waals surface area contributed by atoms with Gasteiger partial charge in [-0.3, -0.25) is 14.5 Å². The van der Waals surface area contributed by atoms with Crippen molar-refractivity contribution in [1.29, 1.82) is 0 Å². The van der Waals surface area contributed by atoms with E-state index in [2.05, 4.69) is 16.7 Å². The van der Waals surface area contributed by atoms with E-state index >= 15 is 0 Å². The molecule has 38 heavy (non-hydrogen) atoms. The second-order valence-corrected chi connectivity index (χ2v) is 10.1. The van der Waals surface area contributed by atoms with Crippen LogP contribution in [0, 0.1) is 12.5 Å². The predicted molar refractivity (Wildman–Crippen MR) is 144 cm³/mol. The number of ether oxygens (including phenoxy) is 1. The molecule has 0 radical (unpaired) electrons. The molecule has 3 unspecified atom stereocenters. The highest BCUT2D eigenvalue weighted by Crippen LogP contribution is 2.26. The molecule has 0 saturated carbocycles. The monoisotopic (exact) mass is 523 g/mol. The van der Waals surface area contributed by atoms with Gasteiger partial charge in [0.2, 0.25) is 5.91 Å². The molecular weight excluding hydrogens is 486 g/mol. The molecule has 0 aromatic heterocycles. The number of carbonyl (C=O) groups excluding carboxylic acids is 3. The Bertz CT molecular complexity index is 1150. The first-order chi connectivity index (χ1) is 17.8. The molecule has 3 amide bonds. The van der Waals surface area contributed by atoms with E-state index in [9.17, 15) is 24.6 Å². The van der Waals surface area contributed by atoms with Crippen molar-refractivity contribution in [2.24, 2.45) is 0 Å². The first-order valence-corrected chi connectivity index (χ1v) is 12.5. The Hall–Kier alpha value is -4.19. The molecule has 0 saturated heterocycles. The molecule has 2 aromatic carbocycles. The van der Waals surface area contributed by atoms with Crippen LogP contribution in [0.15, 0.2) is 48.5 Å². The highest BCUT2D eigenvalue weighted by atomic mass is 16.6. The molecule has 0 aliphatic rings. The van der Waals surface area contributed by atoms with Crippen LogP contribution in [0.5, 0.6) is 11.5 Å². The van der Waals surface area contributed by atoms with Crippen molar-refractivity contribution < 1.29 is 29.3 Å². The quantitative estimate of drug-likeness (QED) is 0.275. The van der Waals surface area contributed by atoms with Crippen LogP contribution < -0.4 is 10.6 Å². The lowest BCUT2D eigenvalue weighted by molar-refractivity contribution is -0.138. The van der Waals surface area contributed by atoms with Gasteiger partial charge < -0.3 is 25.6 Å². The van der Waals surface area contributed by atoms with Crippen LogP contribution in [-0.4, -0.2) is 50.7 Å². The summed E-state index contributed by atoms with van der Waals surface area (Å²) in [5.74, 6) is -1.30. The van der Waals surface area contributed by atoms with Crippen LogP contribution >= 0.6 is 0 Å². The van der Waals surface area contributed by atoms with Gasteiger partial charge in [0.25, 0.3) is 5.91 Å². The number of benzene rings is 2. The van der Waals surface area contributed by atoms with Crippen molar-refractivity contribution in [3.05, 3.63) is 59.7 Å². The number of aromatic hydroxyl groups is 2. The number of nitrogens with zero attached hydrogens (tertiary/aromatic N) is 1. The van der Waals surface area contributed by atoms with Crippen molar-refractivity contribution in [3.63, 3.8) is 0 Å². The van der Waals surface area contributed by atoms with Gasteiger partial charge in [0.05, 0.1) is 0 Å². The topological polar surface area (TPSA) is 128 Å². The number of nitrogens with one attached hydrogen (secondary N) is 2. The molecule has 0 spiro atoms. The first-order valence-electron chi connectivity index (χ1n) is 12.5. The second-order valence-electron chi connectivity index (χ2n) is 10.1. The van der Waals surface area contributed by atoms with Gasteiger partial charge in [-0.05, 0) is 69.5 Å².